The first-order chi connectivity index (χ1) is 10.3. The summed E-state index contributed by atoms with van der Waals surface area (Å²) in [5.41, 5.74) is 8.53. The molecule has 2 aromatic carbocycles. The lowest BCUT2D eigenvalue weighted by Crippen LogP contribution is -2.17. The number of hydrogen-bond acceptors (Lipinski definition) is 4. The van der Waals surface area contributed by atoms with E-state index < -0.39 is 0 Å². The van der Waals surface area contributed by atoms with E-state index in [0.29, 0.717) is 13.2 Å². The van der Waals surface area contributed by atoms with Gasteiger partial charge in [0.05, 0.1) is 7.11 Å². The maximum atomic E-state index is 6.30. The molecule has 0 amide bonds. The molecule has 110 valence electrons. The van der Waals surface area contributed by atoms with Crippen molar-refractivity contribution >= 4 is 0 Å². The SMILES string of the molecule is COc1ccc(CC(N)c2ccc3c(c2)OCCO3)cc1. The van der Waals surface area contributed by atoms with E-state index in [1.807, 2.05) is 42.5 Å². The average molecular weight is 285 g/mol. The maximum Gasteiger partial charge on any atom is 0.161 e. The van der Waals surface area contributed by atoms with Crippen LogP contribution in [0.15, 0.2) is 42.5 Å². The third-order valence-corrected chi connectivity index (χ3v) is 3.61. The molecule has 1 aliphatic rings. The molecule has 0 aromatic heterocycles. The van der Waals surface area contributed by atoms with Crippen LogP contribution in [0.4, 0.5) is 0 Å². The van der Waals surface area contributed by atoms with Crippen LogP contribution in [0.3, 0.4) is 0 Å². The van der Waals surface area contributed by atoms with Crippen molar-refractivity contribution in [3.8, 4) is 17.2 Å². The van der Waals surface area contributed by atoms with E-state index in [0.717, 1.165) is 29.2 Å². The Hall–Kier alpha value is -2.20. The van der Waals surface area contributed by atoms with Crippen molar-refractivity contribution in [2.45, 2.75) is 12.5 Å². The Morgan fingerprint density at radius 2 is 1.76 bits per heavy atom. The minimum Gasteiger partial charge on any atom is -0.497 e. The Bertz CT molecular complexity index is 610. The van der Waals surface area contributed by atoms with Gasteiger partial charge in [-0.15, -0.1) is 0 Å². The standard InChI is InChI=1S/C17H19NO3/c1-19-14-5-2-12(3-6-14)10-15(18)13-4-7-16-17(11-13)21-9-8-20-16/h2-7,11,15H,8-10,18H2,1H3. The fourth-order valence-corrected chi connectivity index (χ4v) is 2.42. The van der Waals surface area contributed by atoms with E-state index in [-0.39, 0.29) is 6.04 Å². The minimum atomic E-state index is -0.0748. The zero-order chi connectivity index (χ0) is 14.7. The molecule has 4 nitrogen and oxygen atoms in total. The van der Waals surface area contributed by atoms with Crippen molar-refractivity contribution < 1.29 is 14.2 Å². The summed E-state index contributed by atoms with van der Waals surface area (Å²) in [7, 11) is 1.66. The number of fused-ring (bicyclic) bond motifs is 1. The number of hydrogen-bond donors (Lipinski definition) is 1. The quantitative estimate of drug-likeness (QED) is 0.938. The predicted molar refractivity (Wildman–Crippen MR) is 81.1 cm³/mol. The molecule has 0 aliphatic carbocycles. The number of benzene rings is 2. The second-order valence-corrected chi connectivity index (χ2v) is 5.06. The largest absolute Gasteiger partial charge is 0.497 e. The van der Waals surface area contributed by atoms with Crippen LogP contribution in [0.25, 0.3) is 0 Å². The van der Waals surface area contributed by atoms with Crippen LogP contribution in [0.1, 0.15) is 17.2 Å². The molecule has 1 atom stereocenters. The summed E-state index contributed by atoms with van der Waals surface area (Å²) >= 11 is 0. The van der Waals surface area contributed by atoms with Crippen LogP contribution in [0, 0.1) is 0 Å². The molecule has 1 heterocycles. The smallest absolute Gasteiger partial charge is 0.161 e. The molecular formula is C17H19NO3. The molecule has 1 aliphatic heterocycles. The van der Waals surface area contributed by atoms with Gasteiger partial charge >= 0.3 is 0 Å². The number of ether oxygens (including phenoxy) is 3. The molecule has 0 spiro atoms. The van der Waals surface area contributed by atoms with Crippen LogP contribution in [0.2, 0.25) is 0 Å². The monoisotopic (exact) mass is 285 g/mol. The second kappa shape index (κ2) is 6.06. The van der Waals surface area contributed by atoms with Crippen molar-refractivity contribution in [3.63, 3.8) is 0 Å². The summed E-state index contributed by atoms with van der Waals surface area (Å²) in [6, 6.07) is 13.8. The molecule has 1 unspecified atom stereocenters. The van der Waals surface area contributed by atoms with Gasteiger partial charge in [-0.25, -0.2) is 0 Å². The van der Waals surface area contributed by atoms with Crippen molar-refractivity contribution in [1.29, 1.82) is 0 Å². The molecule has 0 saturated carbocycles. The highest BCUT2D eigenvalue weighted by atomic mass is 16.6. The van der Waals surface area contributed by atoms with E-state index in [1.54, 1.807) is 7.11 Å². The Kier molecular flexibility index (Phi) is 3.97. The first kappa shape index (κ1) is 13.8. The topological polar surface area (TPSA) is 53.7 Å². The van der Waals surface area contributed by atoms with Crippen molar-refractivity contribution in [1.82, 2.24) is 0 Å². The van der Waals surface area contributed by atoms with Gasteiger partial charge in [0.2, 0.25) is 0 Å². The Morgan fingerprint density at radius 1 is 1.05 bits per heavy atom. The molecule has 2 aromatic rings. The average Bonchev–Trinajstić information content (AvgIpc) is 2.55. The maximum absolute atomic E-state index is 6.30. The van der Waals surface area contributed by atoms with Gasteiger partial charge < -0.3 is 19.9 Å². The normalized spacial score (nSPS) is 14.6. The summed E-state index contributed by atoms with van der Waals surface area (Å²) < 4.78 is 16.3. The molecule has 2 N–H and O–H groups in total. The summed E-state index contributed by atoms with van der Waals surface area (Å²) in [5, 5.41) is 0. The lowest BCUT2D eigenvalue weighted by atomic mass is 9.99. The lowest BCUT2D eigenvalue weighted by molar-refractivity contribution is 0.171. The van der Waals surface area contributed by atoms with E-state index in [1.165, 1.54) is 5.56 Å². The third kappa shape index (κ3) is 3.11. The van der Waals surface area contributed by atoms with Gasteiger partial charge in [0.25, 0.3) is 0 Å². The number of rotatable bonds is 4. The zero-order valence-electron chi connectivity index (χ0n) is 12.0. The fraction of sp³-hybridized carbons (Fsp3) is 0.294. The van der Waals surface area contributed by atoms with Crippen LogP contribution >= 0.6 is 0 Å². The van der Waals surface area contributed by atoms with E-state index in [9.17, 15) is 0 Å². The molecule has 0 radical (unpaired) electrons. The van der Waals surface area contributed by atoms with Gasteiger partial charge in [0, 0.05) is 6.04 Å². The molecule has 0 fully saturated rings. The van der Waals surface area contributed by atoms with Crippen molar-refractivity contribution in [2.24, 2.45) is 5.73 Å². The molecule has 0 bridgehead atoms. The van der Waals surface area contributed by atoms with Gasteiger partial charge in [-0.2, -0.15) is 0 Å². The lowest BCUT2D eigenvalue weighted by Gasteiger charge is -2.20. The highest BCUT2D eigenvalue weighted by molar-refractivity contribution is 5.45. The second-order valence-electron chi connectivity index (χ2n) is 5.06. The molecular weight excluding hydrogens is 266 g/mol. The zero-order valence-corrected chi connectivity index (χ0v) is 12.0. The third-order valence-electron chi connectivity index (χ3n) is 3.61. The molecule has 3 rings (SSSR count). The van der Waals surface area contributed by atoms with E-state index in [4.69, 9.17) is 19.9 Å². The summed E-state index contributed by atoms with van der Waals surface area (Å²) in [4.78, 5) is 0. The highest BCUT2D eigenvalue weighted by Crippen LogP contribution is 2.32. The first-order valence-corrected chi connectivity index (χ1v) is 7.04. The highest BCUT2D eigenvalue weighted by Gasteiger charge is 2.15. The Morgan fingerprint density at radius 3 is 2.48 bits per heavy atom. The Labute approximate surface area is 124 Å². The van der Waals surface area contributed by atoms with Crippen LogP contribution in [-0.4, -0.2) is 20.3 Å². The number of nitrogens with two attached hydrogens (primary N) is 1. The van der Waals surface area contributed by atoms with Crippen molar-refractivity contribution in [3.05, 3.63) is 53.6 Å². The molecule has 21 heavy (non-hydrogen) atoms. The van der Waals surface area contributed by atoms with Gasteiger partial charge in [0.1, 0.15) is 19.0 Å². The van der Waals surface area contributed by atoms with Gasteiger partial charge in [0.15, 0.2) is 11.5 Å². The summed E-state index contributed by atoms with van der Waals surface area (Å²) in [5.74, 6) is 2.43. The van der Waals surface area contributed by atoms with Crippen molar-refractivity contribution in [2.75, 3.05) is 20.3 Å². The van der Waals surface area contributed by atoms with Gasteiger partial charge in [-0.05, 0) is 41.8 Å². The van der Waals surface area contributed by atoms with Gasteiger partial charge in [-0.3, -0.25) is 0 Å². The summed E-state index contributed by atoms with van der Waals surface area (Å²) in [6.07, 6.45) is 0.767. The summed E-state index contributed by atoms with van der Waals surface area (Å²) in [6.45, 7) is 1.19. The van der Waals surface area contributed by atoms with Crippen LogP contribution in [-0.2, 0) is 6.42 Å². The minimum absolute atomic E-state index is 0.0748. The van der Waals surface area contributed by atoms with E-state index in [2.05, 4.69) is 0 Å². The van der Waals surface area contributed by atoms with E-state index >= 15 is 0 Å². The van der Waals surface area contributed by atoms with Crippen LogP contribution in [0.5, 0.6) is 17.2 Å². The first-order valence-electron chi connectivity index (χ1n) is 7.04. The fourth-order valence-electron chi connectivity index (χ4n) is 2.42. The number of methoxy groups -OCH3 is 1. The molecule has 4 heteroatoms. The Balaban J connectivity index is 1.73. The van der Waals surface area contributed by atoms with Crippen LogP contribution < -0.4 is 19.9 Å². The molecule has 0 saturated heterocycles. The van der Waals surface area contributed by atoms with Gasteiger partial charge in [-0.1, -0.05) is 18.2 Å². The predicted octanol–water partition coefficient (Wildman–Crippen LogP) is 2.71.